The predicted molar refractivity (Wildman–Crippen MR) is 120 cm³/mol. The van der Waals surface area contributed by atoms with Gasteiger partial charge < -0.3 is 9.80 Å². The first-order valence-corrected chi connectivity index (χ1v) is 11.5. The number of hydrogen-bond donors (Lipinski definition) is 0. The molecule has 0 saturated carbocycles. The first-order valence-electron chi connectivity index (χ1n) is 11.5. The number of piperidine rings is 1. The minimum Gasteiger partial charge on any atom is -0.335 e. The highest BCUT2D eigenvalue weighted by Gasteiger charge is 2.50. The van der Waals surface area contributed by atoms with Crippen LogP contribution in [-0.4, -0.2) is 66.4 Å². The van der Waals surface area contributed by atoms with Crippen LogP contribution in [-0.2, 0) is 11.2 Å². The van der Waals surface area contributed by atoms with Crippen molar-refractivity contribution in [2.24, 2.45) is 11.8 Å². The van der Waals surface area contributed by atoms with E-state index in [4.69, 9.17) is 0 Å². The summed E-state index contributed by atoms with van der Waals surface area (Å²) in [5, 5.41) is 0. The summed E-state index contributed by atoms with van der Waals surface area (Å²) in [6.07, 6.45) is 3.06. The summed E-state index contributed by atoms with van der Waals surface area (Å²) in [5.74, 6) is 1.41. The molecule has 3 heterocycles. The molecule has 0 bridgehead atoms. The first-order chi connectivity index (χ1) is 14.7. The smallest absolute Gasteiger partial charge is 0.227 e. The molecular weight excluding hydrogens is 370 g/mol. The van der Waals surface area contributed by atoms with E-state index in [1.807, 2.05) is 18.2 Å². The molecule has 3 aliphatic heterocycles. The van der Waals surface area contributed by atoms with Crippen LogP contribution in [0.1, 0.15) is 30.0 Å². The lowest BCUT2D eigenvalue weighted by atomic mass is 9.89. The van der Waals surface area contributed by atoms with Crippen molar-refractivity contribution < 1.29 is 4.79 Å². The number of rotatable bonds is 4. The maximum absolute atomic E-state index is 13.4. The molecule has 0 unspecified atom stereocenters. The van der Waals surface area contributed by atoms with Gasteiger partial charge in [0.15, 0.2) is 0 Å². The molecule has 4 heteroatoms. The van der Waals surface area contributed by atoms with Crippen LogP contribution in [0, 0.1) is 11.8 Å². The van der Waals surface area contributed by atoms with Crippen molar-refractivity contribution >= 4 is 5.91 Å². The minimum atomic E-state index is 0.212. The van der Waals surface area contributed by atoms with E-state index in [2.05, 4.69) is 64.2 Å². The quantitative estimate of drug-likeness (QED) is 0.782. The third-order valence-corrected chi connectivity index (χ3v) is 7.56. The Kier molecular flexibility index (Phi) is 5.62. The summed E-state index contributed by atoms with van der Waals surface area (Å²) < 4.78 is 0. The van der Waals surface area contributed by atoms with Gasteiger partial charge in [-0.05, 0) is 50.0 Å². The zero-order valence-electron chi connectivity index (χ0n) is 18.0. The average Bonchev–Trinajstić information content (AvgIpc) is 3.34. The van der Waals surface area contributed by atoms with E-state index in [0.717, 1.165) is 31.2 Å². The highest BCUT2D eigenvalue weighted by atomic mass is 16.2. The maximum atomic E-state index is 13.4. The summed E-state index contributed by atoms with van der Waals surface area (Å²) in [7, 11) is 2.23. The number of hydrogen-bond acceptors (Lipinski definition) is 3. The molecule has 0 radical (unpaired) electrons. The van der Waals surface area contributed by atoms with Crippen LogP contribution in [0.2, 0.25) is 0 Å². The molecule has 1 amide bonds. The topological polar surface area (TPSA) is 26.8 Å². The fourth-order valence-electron chi connectivity index (χ4n) is 5.94. The van der Waals surface area contributed by atoms with Gasteiger partial charge in [0, 0.05) is 31.6 Å². The predicted octanol–water partition coefficient (Wildman–Crippen LogP) is 3.45. The molecular formula is C26H33N3O. The van der Waals surface area contributed by atoms with Crippen molar-refractivity contribution in [2.75, 3.05) is 39.8 Å². The van der Waals surface area contributed by atoms with Crippen LogP contribution < -0.4 is 0 Å². The molecule has 158 valence electrons. The van der Waals surface area contributed by atoms with E-state index in [0.29, 0.717) is 18.3 Å². The Labute approximate surface area is 180 Å². The normalized spacial score (nSPS) is 28.0. The maximum Gasteiger partial charge on any atom is 0.227 e. The Bertz CT molecular complexity index is 847. The summed E-state index contributed by atoms with van der Waals surface area (Å²) in [6.45, 7) is 5.60. The van der Waals surface area contributed by atoms with Crippen LogP contribution in [0.15, 0.2) is 60.7 Å². The Morgan fingerprint density at radius 3 is 2.27 bits per heavy atom. The molecule has 0 aromatic heterocycles. The first kappa shape index (κ1) is 19.8. The van der Waals surface area contributed by atoms with Crippen molar-refractivity contribution in [3.8, 4) is 0 Å². The Morgan fingerprint density at radius 2 is 1.57 bits per heavy atom. The van der Waals surface area contributed by atoms with E-state index in [9.17, 15) is 4.79 Å². The third-order valence-electron chi connectivity index (χ3n) is 7.56. The number of benzene rings is 2. The Morgan fingerprint density at radius 1 is 0.900 bits per heavy atom. The molecule has 3 fully saturated rings. The molecule has 3 atom stereocenters. The zero-order chi connectivity index (χ0) is 20.5. The van der Waals surface area contributed by atoms with Crippen molar-refractivity contribution in [2.45, 2.75) is 31.3 Å². The Balaban J connectivity index is 1.35. The van der Waals surface area contributed by atoms with E-state index < -0.39 is 0 Å². The number of likely N-dealkylation sites (tertiary alicyclic amines) is 3. The molecule has 0 spiro atoms. The average molecular weight is 404 g/mol. The SMILES string of the molecule is CN1CCC(N2C[C@H]3CN(C(=O)Cc4ccccc4)[C@H](c4ccccc4)[C@H]3C2)CC1. The highest BCUT2D eigenvalue weighted by Crippen LogP contribution is 2.46. The van der Waals surface area contributed by atoms with Crippen LogP contribution in [0.3, 0.4) is 0 Å². The molecule has 30 heavy (non-hydrogen) atoms. The molecule has 3 saturated heterocycles. The van der Waals surface area contributed by atoms with Crippen molar-refractivity contribution in [1.82, 2.24) is 14.7 Å². The monoisotopic (exact) mass is 403 g/mol. The van der Waals surface area contributed by atoms with Gasteiger partial charge in [0.25, 0.3) is 0 Å². The lowest BCUT2D eigenvalue weighted by Gasteiger charge is -2.37. The van der Waals surface area contributed by atoms with E-state index in [-0.39, 0.29) is 11.9 Å². The minimum absolute atomic E-state index is 0.212. The van der Waals surface area contributed by atoms with Gasteiger partial charge in [-0.25, -0.2) is 0 Å². The van der Waals surface area contributed by atoms with Gasteiger partial charge in [-0.3, -0.25) is 9.69 Å². The van der Waals surface area contributed by atoms with Crippen molar-refractivity contribution in [1.29, 1.82) is 0 Å². The lowest BCUT2D eigenvalue weighted by molar-refractivity contribution is -0.132. The fourth-order valence-corrected chi connectivity index (χ4v) is 5.94. The molecule has 2 aromatic carbocycles. The molecule has 2 aromatic rings. The second-order valence-electron chi connectivity index (χ2n) is 9.48. The molecule has 0 aliphatic carbocycles. The van der Waals surface area contributed by atoms with Gasteiger partial charge >= 0.3 is 0 Å². The number of fused-ring (bicyclic) bond motifs is 1. The lowest BCUT2D eigenvalue weighted by Crippen LogP contribution is -2.44. The fraction of sp³-hybridized carbons (Fsp3) is 0.500. The van der Waals surface area contributed by atoms with Gasteiger partial charge in [0.05, 0.1) is 12.5 Å². The largest absolute Gasteiger partial charge is 0.335 e. The molecule has 4 nitrogen and oxygen atoms in total. The van der Waals surface area contributed by atoms with Crippen LogP contribution in [0.25, 0.3) is 0 Å². The second kappa shape index (κ2) is 8.52. The van der Waals surface area contributed by atoms with Crippen LogP contribution in [0.4, 0.5) is 0 Å². The van der Waals surface area contributed by atoms with E-state index >= 15 is 0 Å². The van der Waals surface area contributed by atoms with Crippen molar-refractivity contribution in [3.05, 3.63) is 71.8 Å². The number of carbonyl (C=O) groups is 1. The molecule has 5 rings (SSSR count). The number of amides is 1. The van der Waals surface area contributed by atoms with Gasteiger partial charge in [-0.15, -0.1) is 0 Å². The van der Waals surface area contributed by atoms with Crippen molar-refractivity contribution in [3.63, 3.8) is 0 Å². The van der Waals surface area contributed by atoms with E-state index in [1.54, 1.807) is 0 Å². The zero-order valence-corrected chi connectivity index (χ0v) is 18.0. The summed E-state index contributed by atoms with van der Waals surface area (Å²) in [4.78, 5) is 20.7. The molecule has 0 N–H and O–H groups in total. The highest BCUT2D eigenvalue weighted by molar-refractivity contribution is 5.79. The van der Waals surface area contributed by atoms with Gasteiger partial charge in [0.1, 0.15) is 0 Å². The van der Waals surface area contributed by atoms with E-state index in [1.165, 1.54) is 31.5 Å². The summed E-state index contributed by atoms with van der Waals surface area (Å²) >= 11 is 0. The summed E-state index contributed by atoms with van der Waals surface area (Å²) in [6, 6.07) is 21.9. The van der Waals surface area contributed by atoms with Gasteiger partial charge in [-0.2, -0.15) is 0 Å². The standard InChI is InChI=1S/C26H33N3O/c1-27-14-12-23(13-15-27)28-17-22-18-29(25(30)16-20-8-4-2-5-9-20)26(24(22)19-28)21-10-6-3-7-11-21/h2-11,22-24,26H,12-19H2,1H3/t22-,24-,26+/m0/s1. The van der Waals surface area contributed by atoms with Gasteiger partial charge in [-0.1, -0.05) is 60.7 Å². The Hall–Kier alpha value is -2.17. The third kappa shape index (κ3) is 3.91. The van der Waals surface area contributed by atoms with Gasteiger partial charge in [0.2, 0.25) is 5.91 Å². The molecule has 3 aliphatic rings. The number of carbonyl (C=O) groups excluding carboxylic acids is 1. The van der Waals surface area contributed by atoms with Crippen LogP contribution in [0.5, 0.6) is 0 Å². The summed E-state index contributed by atoms with van der Waals surface area (Å²) in [5.41, 5.74) is 2.41. The van der Waals surface area contributed by atoms with Crippen LogP contribution >= 0.6 is 0 Å². The second-order valence-corrected chi connectivity index (χ2v) is 9.48. The number of nitrogens with zero attached hydrogens (tertiary/aromatic N) is 3.